The first-order valence-electron chi connectivity index (χ1n) is 10.3. The zero-order chi connectivity index (χ0) is 19.8. The van der Waals surface area contributed by atoms with E-state index in [0.717, 1.165) is 31.7 Å². The van der Waals surface area contributed by atoms with Gasteiger partial charge in [0, 0.05) is 23.9 Å². The van der Waals surface area contributed by atoms with Crippen molar-refractivity contribution in [1.82, 2.24) is 10.2 Å². The number of carbonyl (C=O) groups is 1. The summed E-state index contributed by atoms with van der Waals surface area (Å²) in [6, 6.07) is 12.5. The molecular formula is C23H32N2O2S. The van der Waals surface area contributed by atoms with Gasteiger partial charge in [-0.1, -0.05) is 37.5 Å². The van der Waals surface area contributed by atoms with Gasteiger partial charge in [-0.3, -0.25) is 9.69 Å². The molecule has 1 saturated carbocycles. The molecule has 1 fully saturated rings. The van der Waals surface area contributed by atoms with Crippen LogP contribution in [0.2, 0.25) is 0 Å². The third-order valence-corrected chi connectivity index (χ3v) is 6.09. The normalized spacial score (nSPS) is 16.1. The van der Waals surface area contributed by atoms with Gasteiger partial charge in [-0.15, -0.1) is 11.3 Å². The molecule has 1 aliphatic carbocycles. The molecule has 2 aromatic rings. The van der Waals surface area contributed by atoms with Crippen LogP contribution in [-0.4, -0.2) is 30.5 Å². The number of carbonyl (C=O) groups excluding carboxylic acids is 1. The zero-order valence-corrected chi connectivity index (χ0v) is 17.8. The van der Waals surface area contributed by atoms with Crippen LogP contribution in [0, 0.1) is 5.92 Å². The van der Waals surface area contributed by atoms with Crippen LogP contribution in [0.25, 0.3) is 0 Å². The maximum atomic E-state index is 12.3. The Morgan fingerprint density at radius 1 is 1.21 bits per heavy atom. The fourth-order valence-corrected chi connectivity index (χ4v) is 4.56. The molecule has 152 valence electrons. The Kier molecular flexibility index (Phi) is 7.92. The van der Waals surface area contributed by atoms with Gasteiger partial charge in [-0.2, -0.15) is 0 Å². The second-order valence-corrected chi connectivity index (χ2v) is 8.94. The zero-order valence-electron chi connectivity index (χ0n) is 17.0. The molecule has 1 aromatic heterocycles. The number of benzene rings is 1. The number of hydrogen-bond acceptors (Lipinski definition) is 4. The second-order valence-electron chi connectivity index (χ2n) is 7.91. The standard InChI is InChI=1S/C23H32N2O2S/c1-18(15-24-23(26)20-9-4-3-5-10-20)27-21-11-6-8-19(14-21)16-25(2)17-22-12-7-13-28-22/h6-8,11-14,18,20H,3-5,9-10,15-17H2,1-2H3,(H,24,26)/t18-/m0/s1. The molecule has 1 N–H and O–H groups in total. The summed E-state index contributed by atoms with van der Waals surface area (Å²) < 4.78 is 6.05. The lowest BCUT2D eigenvalue weighted by Crippen LogP contribution is -2.38. The molecule has 1 aliphatic rings. The van der Waals surface area contributed by atoms with Crippen LogP contribution in [0.1, 0.15) is 49.5 Å². The Bertz CT molecular complexity index is 726. The maximum absolute atomic E-state index is 12.3. The monoisotopic (exact) mass is 400 g/mol. The van der Waals surface area contributed by atoms with E-state index in [0.29, 0.717) is 6.54 Å². The Labute approximate surface area is 172 Å². The Hall–Kier alpha value is -1.85. The number of rotatable bonds is 9. The lowest BCUT2D eigenvalue weighted by atomic mass is 9.89. The van der Waals surface area contributed by atoms with Crippen molar-refractivity contribution in [2.24, 2.45) is 5.92 Å². The van der Waals surface area contributed by atoms with Crippen molar-refractivity contribution in [3.05, 3.63) is 52.2 Å². The molecule has 1 aromatic carbocycles. The summed E-state index contributed by atoms with van der Waals surface area (Å²) in [4.78, 5) is 16.0. The Morgan fingerprint density at radius 3 is 2.79 bits per heavy atom. The minimum atomic E-state index is -0.0494. The van der Waals surface area contributed by atoms with E-state index in [1.807, 2.05) is 19.1 Å². The van der Waals surface area contributed by atoms with E-state index >= 15 is 0 Å². The summed E-state index contributed by atoms with van der Waals surface area (Å²) in [7, 11) is 2.14. The summed E-state index contributed by atoms with van der Waals surface area (Å²) in [6.07, 6.45) is 5.63. The van der Waals surface area contributed by atoms with Gasteiger partial charge in [0.2, 0.25) is 5.91 Å². The maximum Gasteiger partial charge on any atom is 0.223 e. The number of amides is 1. The number of thiophene rings is 1. The van der Waals surface area contributed by atoms with Gasteiger partial charge in [0.25, 0.3) is 0 Å². The van der Waals surface area contributed by atoms with Crippen molar-refractivity contribution in [2.45, 2.75) is 58.2 Å². The van der Waals surface area contributed by atoms with E-state index in [2.05, 4.69) is 46.9 Å². The Morgan fingerprint density at radius 2 is 2.04 bits per heavy atom. The molecule has 1 amide bonds. The van der Waals surface area contributed by atoms with Crippen molar-refractivity contribution in [1.29, 1.82) is 0 Å². The highest BCUT2D eigenvalue weighted by atomic mass is 32.1. The molecule has 0 unspecified atom stereocenters. The quantitative estimate of drug-likeness (QED) is 0.655. The van der Waals surface area contributed by atoms with Gasteiger partial charge in [-0.25, -0.2) is 0 Å². The smallest absolute Gasteiger partial charge is 0.223 e. The van der Waals surface area contributed by atoms with Gasteiger partial charge in [-0.05, 0) is 56.0 Å². The predicted molar refractivity (Wildman–Crippen MR) is 116 cm³/mol. The van der Waals surface area contributed by atoms with Gasteiger partial charge >= 0.3 is 0 Å². The van der Waals surface area contributed by atoms with Gasteiger partial charge < -0.3 is 10.1 Å². The van der Waals surface area contributed by atoms with Crippen LogP contribution in [0.15, 0.2) is 41.8 Å². The number of hydrogen-bond donors (Lipinski definition) is 1. The summed E-state index contributed by atoms with van der Waals surface area (Å²) in [6.45, 7) is 4.39. The molecule has 0 spiro atoms. The molecular weight excluding hydrogens is 368 g/mol. The molecule has 1 atom stereocenters. The summed E-state index contributed by atoms with van der Waals surface area (Å²) >= 11 is 1.79. The van der Waals surface area contributed by atoms with Crippen molar-refractivity contribution in [3.63, 3.8) is 0 Å². The number of ether oxygens (including phenoxy) is 1. The fourth-order valence-electron chi connectivity index (χ4n) is 3.78. The SMILES string of the molecule is C[C@@H](CNC(=O)C1CCCCC1)Oc1cccc(CN(C)Cc2cccs2)c1. The van der Waals surface area contributed by atoms with E-state index in [9.17, 15) is 4.79 Å². The van der Waals surface area contributed by atoms with E-state index in [1.54, 1.807) is 11.3 Å². The third kappa shape index (κ3) is 6.64. The van der Waals surface area contributed by atoms with E-state index in [1.165, 1.54) is 29.7 Å². The summed E-state index contributed by atoms with van der Waals surface area (Å²) in [5, 5.41) is 5.19. The summed E-state index contributed by atoms with van der Waals surface area (Å²) in [5.74, 6) is 1.25. The third-order valence-electron chi connectivity index (χ3n) is 5.23. The highest BCUT2D eigenvalue weighted by Crippen LogP contribution is 2.23. The van der Waals surface area contributed by atoms with Crippen molar-refractivity contribution in [3.8, 4) is 5.75 Å². The molecule has 0 aliphatic heterocycles. The van der Waals surface area contributed by atoms with Crippen LogP contribution in [0.4, 0.5) is 0 Å². The predicted octanol–water partition coefficient (Wildman–Crippen LogP) is 4.84. The van der Waals surface area contributed by atoms with Crippen LogP contribution in [-0.2, 0) is 17.9 Å². The average Bonchev–Trinajstić information content (AvgIpc) is 3.20. The highest BCUT2D eigenvalue weighted by Gasteiger charge is 2.21. The first-order valence-corrected chi connectivity index (χ1v) is 11.2. The topological polar surface area (TPSA) is 41.6 Å². The lowest BCUT2D eigenvalue weighted by molar-refractivity contribution is -0.126. The van der Waals surface area contributed by atoms with E-state index < -0.39 is 0 Å². The van der Waals surface area contributed by atoms with Gasteiger partial charge in [0.15, 0.2) is 0 Å². The second kappa shape index (κ2) is 10.6. The molecule has 28 heavy (non-hydrogen) atoms. The molecule has 1 heterocycles. The minimum Gasteiger partial charge on any atom is -0.489 e. The van der Waals surface area contributed by atoms with E-state index in [4.69, 9.17) is 4.74 Å². The minimum absolute atomic E-state index is 0.0494. The lowest BCUT2D eigenvalue weighted by Gasteiger charge is -2.22. The van der Waals surface area contributed by atoms with Crippen LogP contribution >= 0.6 is 11.3 Å². The number of nitrogens with zero attached hydrogens (tertiary/aromatic N) is 1. The largest absolute Gasteiger partial charge is 0.489 e. The first-order chi connectivity index (χ1) is 13.6. The van der Waals surface area contributed by atoms with Crippen LogP contribution in [0.5, 0.6) is 5.75 Å². The first kappa shape index (κ1) is 20.9. The molecule has 3 rings (SSSR count). The number of nitrogens with one attached hydrogen (secondary N) is 1. The van der Waals surface area contributed by atoms with E-state index in [-0.39, 0.29) is 17.9 Å². The van der Waals surface area contributed by atoms with Crippen molar-refractivity contribution in [2.75, 3.05) is 13.6 Å². The highest BCUT2D eigenvalue weighted by molar-refractivity contribution is 7.09. The Balaban J connectivity index is 1.44. The summed E-state index contributed by atoms with van der Waals surface area (Å²) in [5.41, 5.74) is 1.23. The average molecular weight is 401 g/mol. The van der Waals surface area contributed by atoms with Crippen LogP contribution in [0.3, 0.4) is 0 Å². The van der Waals surface area contributed by atoms with Crippen molar-refractivity contribution < 1.29 is 9.53 Å². The van der Waals surface area contributed by atoms with Gasteiger partial charge in [0.1, 0.15) is 11.9 Å². The molecule has 0 radical (unpaired) electrons. The van der Waals surface area contributed by atoms with Crippen LogP contribution < -0.4 is 10.1 Å². The molecule has 0 bridgehead atoms. The fraction of sp³-hybridized carbons (Fsp3) is 0.522. The molecule has 0 saturated heterocycles. The molecule has 5 heteroatoms. The molecule has 4 nitrogen and oxygen atoms in total. The van der Waals surface area contributed by atoms with Gasteiger partial charge in [0.05, 0.1) is 6.54 Å². The van der Waals surface area contributed by atoms with Crippen molar-refractivity contribution >= 4 is 17.2 Å².